The van der Waals surface area contributed by atoms with Crippen molar-refractivity contribution >= 4 is 23.5 Å². The minimum absolute atomic E-state index is 0.112. The Bertz CT molecular complexity index is 1020. The normalized spacial score (nSPS) is 21.6. The highest BCUT2D eigenvalue weighted by molar-refractivity contribution is 5.96. The van der Waals surface area contributed by atoms with Gasteiger partial charge >= 0.3 is 0 Å². The van der Waals surface area contributed by atoms with Crippen LogP contribution in [0.25, 0.3) is 0 Å². The summed E-state index contributed by atoms with van der Waals surface area (Å²) in [6.45, 7) is 4.60. The maximum absolute atomic E-state index is 13.6. The monoisotopic (exact) mass is 558 g/mol. The van der Waals surface area contributed by atoms with E-state index in [-0.39, 0.29) is 24.7 Å². The third-order valence-corrected chi connectivity index (χ3v) is 7.83. The van der Waals surface area contributed by atoms with E-state index >= 15 is 0 Å². The molecule has 3 aliphatic rings. The molecule has 1 aromatic carbocycles. The van der Waals surface area contributed by atoms with E-state index in [1.54, 1.807) is 26.2 Å². The van der Waals surface area contributed by atoms with E-state index in [2.05, 4.69) is 16.0 Å². The van der Waals surface area contributed by atoms with Crippen LogP contribution in [0.15, 0.2) is 24.3 Å². The second-order valence-electron chi connectivity index (χ2n) is 11.0. The summed E-state index contributed by atoms with van der Waals surface area (Å²) in [5.41, 5.74) is 0.814. The van der Waals surface area contributed by atoms with Gasteiger partial charge in [-0.3, -0.25) is 24.1 Å². The van der Waals surface area contributed by atoms with Crippen LogP contribution in [0.5, 0.6) is 5.75 Å². The average Bonchev–Trinajstić information content (AvgIpc) is 3.68. The number of hydrogen-bond acceptors (Lipinski definition) is 8. The van der Waals surface area contributed by atoms with Gasteiger partial charge in [-0.05, 0) is 37.0 Å². The van der Waals surface area contributed by atoms with Gasteiger partial charge in [-0.1, -0.05) is 37.8 Å². The fourth-order valence-electron chi connectivity index (χ4n) is 5.35. The minimum Gasteiger partial charge on any atom is -0.497 e. The summed E-state index contributed by atoms with van der Waals surface area (Å²) in [4.78, 5) is 54.2. The number of amides is 3. The second kappa shape index (κ2) is 14.6. The standard InChI is InChI=1S/C29H42N4O7/c1-19(30-26(34)17-33-11-13-39-14-12-33)28(36)32-24(16-21-7-9-22(38-2)10-8-21)29(37)31-23(27(35)25-18-40-25)15-20-5-3-4-6-20/h7-10,19-20,23-25H,3-6,11-18H2,1-2H3,(H,30,34)(H,31,37)(H,32,36)/t19-,23-,24-,25+/m0/s1. The van der Waals surface area contributed by atoms with Gasteiger partial charge in [0.2, 0.25) is 17.7 Å². The quantitative estimate of drug-likeness (QED) is 0.282. The lowest BCUT2D eigenvalue weighted by molar-refractivity contribution is -0.133. The molecule has 0 unspecified atom stereocenters. The Morgan fingerprint density at radius 2 is 1.62 bits per heavy atom. The molecule has 2 heterocycles. The summed E-state index contributed by atoms with van der Waals surface area (Å²) in [5, 5.41) is 8.47. The van der Waals surface area contributed by atoms with Gasteiger partial charge in [0.25, 0.3) is 0 Å². The SMILES string of the molecule is COc1ccc(C[C@H](NC(=O)[C@H](C)NC(=O)CN2CCOCC2)C(=O)N[C@@H](CC2CCCC2)C(=O)[C@H]2CO2)cc1. The van der Waals surface area contributed by atoms with E-state index in [1.165, 1.54) is 0 Å². The molecule has 2 aliphatic heterocycles. The molecule has 1 saturated carbocycles. The summed E-state index contributed by atoms with van der Waals surface area (Å²) < 4.78 is 15.8. The second-order valence-corrected chi connectivity index (χ2v) is 11.0. The van der Waals surface area contributed by atoms with Gasteiger partial charge in [0.15, 0.2) is 5.78 Å². The van der Waals surface area contributed by atoms with Crippen LogP contribution in [0.4, 0.5) is 0 Å². The topological polar surface area (TPSA) is 139 Å². The molecule has 3 amide bonds. The number of ether oxygens (including phenoxy) is 3. The van der Waals surface area contributed by atoms with Gasteiger partial charge in [0, 0.05) is 19.5 Å². The summed E-state index contributed by atoms with van der Waals surface area (Å²) >= 11 is 0. The molecule has 2 saturated heterocycles. The van der Waals surface area contributed by atoms with Crippen molar-refractivity contribution in [3.8, 4) is 5.75 Å². The Morgan fingerprint density at radius 3 is 2.25 bits per heavy atom. The number of methoxy groups -OCH3 is 1. The Hall–Kier alpha value is -3.02. The molecule has 1 aliphatic carbocycles. The van der Waals surface area contributed by atoms with E-state index in [1.807, 2.05) is 17.0 Å². The average molecular weight is 559 g/mol. The van der Waals surface area contributed by atoms with Crippen LogP contribution in [0.2, 0.25) is 0 Å². The number of morpholine rings is 1. The fourth-order valence-corrected chi connectivity index (χ4v) is 5.35. The van der Waals surface area contributed by atoms with Crippen molar-refractivity contribution in [2.24, 2.45) is 5.92 Å². The number of nitrogens with zero attached hydrogens (tertiary/aromatic N) is 1. The lowest BCUT2D eigenvalue weighted by atomic mass is 9.94. The molecular formula is C29H42N4O7. The van der Waals surface area contributed by atoms with Crippen molar-refractivity contribution < 1.29 is 33.4 Å². The number of ketones is 1. The molecule has 3 N–H and O–H groups in total. The molecule has 220 valence electrons. The molecule has 0 aromatic heterocycles. The maximum atomic E-state index is 13.6. The highest BCUT2D eigenvalue weighted by Crippen LogP contribution is 2.30. The van der Waals surface area contributed by atoms with E-state index in [0.29, 0.717) is 51.0 Å². The number of epoxide rings is 1. The first-order valence-corrected chi connectivity index (χ1v) is 14.3. The number of benzene rings is 1. The van der Waals surface area contributed by atoms with Crippen molar-refractivity contribution in [3.05, 3.63) is 29.8 Å². The molecule has 4 atom stereocenters. The van der Waals surface area contributed by atoms with Crippen molar-refractivity contribution in [1.82, 2.24) is 20.9 Å². The van der Waals surface area contributed by atoms with E-state index < -0.39 is 36.0 Å². The van der Waals surface area contributed by atoms with Crippen LogP contribution in [-0.4, -0.2) is 99.2 Å². The molecule has 3 fully saturated rings. The predicted molar refractivity (Wildman–Crippen MR) is 147 cm³/mol. The molecule has 1 aromatic rings. The van der Waals surface area contributed by atoms with Crippen LogP contribution in [0.3, 0.4) is 0 Å². The van der Waals surface area contributed by atoms with Gasteiger partial charge in [-0.2, -0.15) is 0 Å². The van der Waals surface area contributed by atoms with Gasteiger partial charge < -0.3 is 30.2 Å². The lowest BCUT2D eigenvalue weighted by Crippen LogP contribution is -2.57. The van der Waals surface area contributed by atoms with Crippen LogP contribution in [0, 0.1) is 5.92 Å². The summed E-state index contributed by atoms with van der Waals surface area (Å²) in [6, 6.07) is 4.78. The number of Topliss-reactive ketones (excluding diaryl/α,β-unsaturated/α-hetero) is 1. The van der Waals surface area contributed by atoms with Crippen LogP contribution < -0.4 is 20.7 Å². The number of rotatable bonds is 14. The van der Waals surface area contributed by atoms with Crippen LogP contribution >= 0.6 is 0 Å². The highest BCUT2D eigenvalue weighted by Gasteiger charge is 2.39. The fraction of sp³-hybridized carbons (Fsp3) is 0.655. The van der Waals surface area contributed by atoms with E-state index in [9.17, 15) is 19.2 Å². The Balaban J connectivity index is 1.41. The smallest absolute Gasteiger partial charge is 0.243 e. The van der Waals surface area contributed by atoms with Crippen LogP contribution in [0.1, 0.15) is 44.6 Å². The van der Waals surface area contributed by atoms with Gasteiger partial charge in [0.1, 0.15) is 23.9 Å². The zero-order valence-electron chi connectivity index (χ0n) is 23.5. The zero-order valence-corrected chi connectivity index (χ0v) is 23.5. The molecule has 4 rings (SSSR count). The van der Waals surface area contributed by atoms with Gasteiger partial charge in [-0.25, -0.2) is 0 Å². The number of nitrogens with one attached hydrogen (secondary N) is 3. The van der Waals surface area contributed by atoms with E-state index in [0.717, 1.165) is 31.2 Å². The van der Waals surface area contributed by atoms with Gasteiger partial charge in [0.05, 0.1) is 39.5 Å². The molecule has 0 spiro atoms. The first-order valence-electron chi connectivity index (χ1n) is 14.3. The van der Waals surface area contributed by atoms with Crippen molar-refractivity contribution in [1.29, 1.82) is 0 Å². The summed E-state index contributed by atoms with van der Waals surface area (Å²) in [6.07, 6.45) is 4.65. The maximum Gasteiger partial charge on any atom is 0.243 e. The Labute approximate surface area is 235 Å². The summed E-state index contributed by atoms with van der Waals surface area (Å²) in [7, 11) is 1.57. The van der Waals surface area contributed by atoms with Crippen molar-refractivity contribution in [3.63, 3.8) is 0 Å². The number of carbonyl (C=O) groups is 4. The first kappa shape index (κ1) is 30.0. The Morgan fingerprint density at radius 1 is 0.975 bits per heavy atom. The highest BCUT2D eigenvalue weighted by atomic mass is 16.6. The third-order valence-electron chi connectivity index (χ3n) is 7.83. The third kappa shape index (κ3) is 9.00. The van der Waals surface area contributed by atoms with Crippen LogP contribution in [-0.2, 0) is 35.1 Å². The molecule has 0 radical (unpaired) electrons. The first-order chi connectivity index (χ1) is 19.3. The molecule has 40 heavy (non-hydrogen) atoms. The van der Waals surface area contributed by atoms with Crippen molar-refractivity contribution in [2.75, 3.05) is 46.6 Å². The molecule has 0 bridgehead atoms. The molecular weight excluding hydrogens is 516 g/mol. The number of carbonyl (C=O) groups excluding carboxylic acids is 4. The molecule has 11 nitrogen and oxygen atoms in total. The summed E-state index contributed by atoms with van der Waals surface area (Å²) in [5.74, 6) is -0.242. The van der Waals surface area contributed by atoms with E-state index in [4.69, 9.17) is 14.2 Å². The predicted octanol–water partition coefficient (Wildman–Crippen LogP) is 0.592. The van der Waals surface area contributed by atoms with Crippen molar-refractivity contribution in [2.45, 2.75) is 69.7 Å². The minimum atomic E-state index is -0.946. The number of hydrogen-bond donors (Lipinski definition) is 3. The largest absolute Gasteiger partial charge is 0.497 e. The Kier molecular flexibility index (Phi) is 10.9. The zero-order chi connectivity index (χ0) is 28.5. The lowest BCUT2D eigenvalue weighted by Gasteiger charge is -2.27. The molecule has 11 heteroatoms. The van der Waals surface area contributed by atoms with Gasteiger partial charge in [-0.15, -0.1) is 0 Å².